The van der Waals surface area contributed by atoms with Crippen LogP contribution in [0.25, 0.3) is 0 Å². The Bertz CT molecular complexity index is 835. The summed E-state index contributed by atoms with van der Waals surface area (Å²) in [6.45, 7) is 4.44. The van der Waals surface area contributed by atoms with Crippen molar-refractivity contribution in [3.63, 3.8) is 0 Å². The largest absolute Gasteiger partial charge is 0.496 e. The quantitative estimate of drug-likeness (QED) is 0.300. The number of carbonyl (C=O) groups is 2. The van der Waals surface area contributed by atoms with Gasteiger partial charge in [0.1, 0.15) is 16.5 Å². The van der Waals surface area contributed by atoms with Crippen LogP contribution in [-0.4, -0.2) is 23.9 Å². The molecule has 2 rings (SSSR count). The van der Waals surface area contributed by atoms with Crippen molar-refractivity contribution in [1.82, 2.24) is 15.6 Å². The number of nitrogens with one attached hydrogen (secondary N) is 2. The molecule has 168 valence electrons. The molecular formula is C24H33N3O3S. The Labute approximate surface area is 189 Å². The Morgan fingerprint density at radius 1 is 1.06 bits per heavy atom. The number of methoxy groups -OCH3 is 1. The minimum absolute atomic E-state index is 0.0315. The van der Waals surface area contributed by atoms with Crippen LogP contribution in [0.1, 0.15) is 72.4 Å². The summed E-state index contributed by atoms with van der Waals surface area (Å²) >= 11 is 1.37. The predicted molar refractivity (Wildman–Crippen MR) is 125 cm³/mol. The van der Waals surface area contributed by atoms with Crippen LogP contribution in [0.5, 0.6) is 5.75 Å². The van der Waals surface area contributed by atoms with Crippen LogP contribution < -0.4 is 15.4 Å². The molecule has 1 aromatic carbocycles. The monoisotopic (exact) mass is 443 g/mol. The average Bonchev–Trinajstić information content (AvgIpc) is 3.27. The van der Waals surface area contributed by atoms with Crippen LogP contribution in [0.15, 0.2) is 42.3 Å². The number of benzene rings is 1. The van der Waals surface area contributed by atoms with Gasteiger partial charge in [0.2, 0.25) is 5.91 Å². The summed E-state index contributed by atoms with van der Waals surface area (Å²) in [6, 6.07) is 7.55. The maximum Gasteiger partial charge on any atom is 0.271 e. The van der Waals surface area contributed by atoms with Crippen molar-refractivity contribution in [1.29, 1.82) is 0 Å². The van der Waals surface area contributed by atoms with Crippen LogP contribution in [-0.2, 0) is 17.9 Å². The van der Waals surface area contributed by atoms with Crippen molar-refractivity contribution in [2.45, 2.75) is 64.5 Å². The van der Waals surface area contributed by atoms with Crippen molar-refractivity contribution in [3.05, 3.63) is 58.6 Å². The fraction of sp³-hybridized carbons (Fsp3) is 0.458. The maximum absolute atomic E-state index is 12.4. The lowest BCUT2D eigenvalue weighted by Gasteiger charge is -2.08. The van der Waals surface area contributed by atoms with Gasteiger partial charge in [-0.15, -0.1) is 17.9 Å². The summed E-state index contributed by atoms with van der Waals surface area (Å²) in [5.41, 5.74) is 1.26. The summed E-state index contributed by atoms with van der Waals surface area (Å²) in [7, 11) is 1.60. The standard InChI is InChI=1S/C24H33N3O3S/c1-3-4-5-6-7-8-9-10-15-22(28)25-17-23-27-20(18-31-23)24(29)26-16-19-13-11-12-14-21(19)30-2/h3,11-14,18H,1,4-10,15-17H2,2H3,(H,25,28)(H,26,29). The van der Waals surface area contributed by atoms with Crippen LogP contribution in [0.2, 0.25) is 0 Å². The zero-order chi connectivity index (χ0) is 22.3. The number of rotatable bonds is 15. The highest BCUT2D eigenvalue weighted by Crippen LogP contribution is 2.17. The summed E-state index contributed by atoms with van der Waals surface area (Å²) in [5, 5.41) is 8.18. The van der Waals surface area contributed by atoms with Crippen molar-refractivity contribution >= 4 is 23.2 Å². The molecule has 0 radical (unpaired) electrons. The average molecular weight is 444 g/mol. The molecule has 0 saturated heterocycles. The van der Waals surface area contributed by atoms with E-state index in [9.17, 15) is 9.59 Å². The second-order valence-electron chi connectivity index (χ2n) is 7.35. The molecule has 0 atom stereocenters. The molecule has 0 spiro atoms. The van der Waals surface area contributed by atoms with Crippen molar-refractivity contribution in [2.24, 2.45) is 0 Å². The van der Waals surface area contributed by atoms with Gasteiger partial charge in [-0.25, -0.2) is 4.98 Å². The molecule has 2 amide bonds. The van der Waals surface area contributed by atoms with Crippen molar-refractivity contribution < 1.29 is 14.3 Å². The van der Waals surface area contributed by atoms with E-state index in [4.69, 9.17) is 4.74 Å². The molecule has 0 bridgehead atoms. The summed E-state index contributed by atoms with van der Waals surface area (Å²) in [6.07, 6.45) is 10.4. The van der Waals surface area contributed by atoms with Gasteiger partial charge < -0.3 is 15.4 Å². The number of hydrogen-bond donors (Lipinski definition) is 2. The number of ether oxygens (including phenoxy) is 1. The van der Waals surface area contributed by atoms with Crippen LogP contribution in [0.4, 0.5) is 0 Å². The number of thiazole rings is 1. The van der Waals surface area contributed by atoms with Gasteiger partial charge in [0.05, 0.1) is 13.7 Å². The van der Waals surface area contributed by atoms with Gasteiger partial charge in [-0.05, 0) is 25.3 Å². The number of amides is 2. The first-order valence-corrected chi connectivity index (χ1v) is 11.7. The second-order valence-corrected chi connectivity index (χ2v) is 8.29. The van der Waals surface area contributed by atoms with Crippen LogP contribution >= 0.6 is 11.3 Å². The number of unbranched alkanes of at least 4 members (excludes halogenated alkanes) is 6. The SMILES string of the molecule is C=CCCCCCCCCC(=O)NCc1nc(C(=O)NCc2ccccc2OC)cs1. The van der Waals surface area contributed by atoms with Crippen LogP contribution in [0, 0.1) is 0 Å². The fourth-order valence-electron chi connectivity index (χ4n) is 3.16. The molecule has 1 aromatic heterocycles. The third-order valence-electron chi connectivity index (χ3n) is 4.92. The van der Waals surface area contributed by atoms with Crippen LogP contribution in [0.3, 0.4) is 0 Å². The lowest BCUT2D eigenvalue weighted by atomic mass is 10.1. The third kappa shape index (κ3) is 9.34. The number of nitrogens with zero attached hydrogens (tertiary/aromatic N) is 1. The lowest BCUT2D eigenvalue weighted by molar-refractivity contribution is -0.121. The maximum atomic E-state index is 12.4. The third-order valence-corrected chi connectivity index (χ3v) is 5.76. The molecule has 0 fully saturated rings. The number of hydrogen-bond acceptors (Lipinski definition) is 5. The van der Waals surface area contributed by atoms with E-state index in [1.165, 1.54) is 37.0 Å². The molecular weight excluding hydrogens is 410 g/mol. The lowest BCUT2D eigenvalue weighted by Crippen LogP contribution is -2.24. The van der Waals surface area contributed by atoms with Gasteiger partial charge in [-0.3, -0.25) is 9.59 Å². The molecule has 7 heteroatoms. The van der Waals surface area contributed by atoms with Gasteiger partial charge in [0.25, 0.3) is 5.91 Å². The summed E-state index contributed by atoms with van der Waals surface area (Å²) < 4.78 is 5.29. The topological polar surface area (TPSA) is 80.3 Å². The molecule has 0 aliphatic heterocycles. The number of carbonyl (C=O) groups excluding carboxylic acids is 2. The normalized spacial score (nSPS) is 10.5. The van der Waals surface area contributed by atoms with Gasteiger partial charge >= 0.3 is 0 Å². The van der Waals surface area contributed by atoms with E-state index in [0.29, 0.717) is 25.2 Å². The number of allylic oxidation sites excluding steroid dienone is 1. The highest BCUT2D eigenvalue weighted by Gasteiger charge is 2.12. The summed E-state index contributed by atoms with van der Waals surface area (Å²) in [4.78, 5) is 28.7. The van der Waals surface area contributed by atoms with Gasteiger partial charge in [0, 0.05) is 23.9 Å². The Morgan fingerprint density at radius 2 is 1.81 bits per heavy atom. The molecule has 1 heterocycles. The van der Waals surface area contributed by atoms with Gasteiger partial charge in [0.15, 0.2) is 0 Å². The summed E-state index contributed by atoms with van der Waals surface area (Å²) in [5.74, 6) is 0.522. The van der Waals surface area contributed by atoms with E-state index >= 15 is 0 Å². The molecule has 0 aliphatic carbocycles. The Morgan fingerprint density at radius 3 is 2.58 bits per heavy atom. The number of aromatic nitrogens is 1. The van der Waals surface area contributed by atoms with E-state index in [-0.39, 0.29) is 11.8 Å². The van der Waals surface area contributed by atoms with E-state index in [1.807, 2.05) is 30.3 Å². The predicted octanol–water partition coefficient (Wildman–Crippen LogP) is 5.00. The van der Waals surface area contributed by atoms with Crippen molar-refractivity contribution in [2.75, 3.05) is 7.11 Å². The second kappa shape index (κ2) is 14.4. The Kier molecular flexibility index (Phi) is 11.4. The minimum Gasteiger partial charge on any atom is -0.496 e. The number of para-hydroxylation sites is 1. The molecule has 6 nitrogen and oxygen atoms in total. The molecule has 2 aromatic rings. The first-order valence-electron chi connectivity index (χ1n) is 10.9. The minimum atomic E-state index is -0.243. The molecule has 2 N–H and O–H groups in total. The van der Waals surface area contributed by atoms with Gasteiger partial charge in [-0.2, -0.15) is 0 Å². The Hall–Kier alpha value is -2.67. The first-order chi connectivity index (χ1) is 15.1. The molecule has 0 unspecified atom stereocenters. The highest BCUT2D eigenvalue weighted by atomic mass is 32.1. The zero-order valence-corrected chi connectivity index (χ0v) is 19.1. The zero-order valence-electron chi connectivity index (χ0n) is 18.3. The highest BCUT2D eigenvalue weighted by molar-refractivity contribution is 7.09. The van der Waals surface area contributed by atoms with Crippen molar-refractivity contribution in [3.8, 4) is 5.75 Å². The van der Waals surface area contributed by atoms with Gasteiger partial charge in [-0.1, -0.05) is 50.0 Å². The van der Waals surface area contributed by atoms with E-state index in [1.54, 1.807) is 12.5 Å². The molecule has 0 aliphatic rings. The van der Waals surface area contributed by atoms with E-state index < -0.39 is 0 Å². The first kappa shape index (κ1) is 24.6. The van der Waals surface area contributed by atoms with E-state index in [0.717, 1.165) is 35.6 Å². The molecule has 31 heavy (non-hydrogen) atoms. The fourth-order valence-corrected chi connectivity index (χ4v) is 3.87. The Balaban J connectivity index is 1.64. The molecule has 0 saturated carbocycles. The smallest absolute Gasteiger partial charge is 0.271 e. The van der Waals surface area contributed by atoms with E-state index in [2.05, 4.69) is 22.2 Å².